The molecule has 1 aromatic heterocycles. The zero-order valence-electron chi connectivity index (χ0n) is 10.8. The lowest BCUT2D eigenvalue weighted by molar-refractivity contribution is 0.318. The van der Waals surface area contributed by atoms with Gasteiger partial charge < -0.3 is 16.3 Å². The summed E-state index contributed by atoms with van der Waals surface area (Å²) in [5.74, 6) is 0.00421. The lowest BCUT2D eigenvalue weighted by Crippen LogP contribution is -2.17. The molecule has 0 bridgehead atoms. The molecule has 104 valence electrons. The number of benzene rings is 1. The molecule has 0 saturated heterocycles. The Morgan fingerprint density at radius 1 is 1.20 bits per heavy atom. The van der Waals surface area contributed by atoms with Crippen molar-refractivity contribution in [3.63, 3.8) is 0 Å². The molecular formula is C14H15ClN4O. The minimum atomic E-state index is 0.00421. The van der Waals surface area contributed by atoms with Crippen LogP contribution in [0.5, 0.6) is 0 Å². The SMILES string of the molecule is NC(=NO)c1cc(CNCc2ccc(Cl)cc2)ccn1. The quantitative estimate of drug-likeness (QED) is 0.341. The average molecular weight is 291 g/mol. The molecule has 0 atom stereocenters. The third kappa shape index (κ3) is 3.94. The second-order valence-corrected chi connectivity index (χ2v) is 4.70. The monoisotopic (exact) mass is 290 g/mol. The van der Waals surface area contributed by atoms with Crippen LogP contribution in [0.4, 0.5) is 0 Å². The first-order chi connectivity index (χ1) is 9.69. The first kappa shape index (κ1) is 14.3. The Bertz CT molecular complexity index is 598. The Kier molecular flexibility index (Phi) is 4.92. The lowest BCUT2D eigenvalue weighted by Gasteiger charge is -2.06. The number of hydrogen-bond acceptors (Lipinski definition) is 4. The van der Waals surface area contributed by atoms with Crippen molar-refractivity contribution < 1.29 is 5.21 Å². The number of oxime groups is 1. The Hall–Kier alpha value is -2.11. The van der Waals surface area contributed by atoms with Crippen molar-refractivity contribution in [3.05, 3.63) is 64.4 Å². The number of nitrogens with two attached hydrogens (primary N) is 1. The second kappa shape index (κ2) is 6.88. The van der Waals surface area contributed by atoms with Crippen LogP contribution in [0.15, 0.2) is 47.8 Å². The third-order valence-electron chi connectivity index (χ3n) is 2.77. The molecule has 1 aromatic carbocycles. The molecule has 0 amide bonds. The predicted molar refractivity (Wildman–Crippen MR) is 78.7 cm³/mol. The molecule has 0 radical (unpaired) electrons. The van der Waals surface area contributed by atoms with E-state index in [4.69, 9.17) is 22.5 Å². The van der Waals surface area contributed by atoms with Gasteiger partial charge in [0.15, 0.2) is 5.84 Å². The lowest BCUT2D eigenvalue weighted by atomic mass is 10.2. The fraction of sp³-hybridized carbons (Fsp3) is 0.143. The van der Waals surface area contributed by atoms with Crippen LogP contribution in [0, 0.1) is 0 Å². The van der Waals surface area contributed by atoms with Crippen LogP contribution in [0.3, 0.4) is 0 Å². The highest BCUT2D eigenvalue weighted by Gasteiger charge is 2.02. The van der Waals surface area contributed by atoms with Crippen LogP contribution in [0.2, 0.25) is 5.02 Å². The summed E-state index contributed by atoms with van der Waals surface area (Å²) in [5.41, 5.74) is 8.12. The average Bonchev–Trinajstić information content (AvgIpc) is 2.49. The van der Waals surface area contributed by atoms with Crippen molar-refractivity contribution in [2.75, 3.05) is 0 Å². The molecule has 0 spiro atoms. The molecular weight excluding hydrogens is 276 g/mol. The van der Waals surface area contributed by atoms with E-state index in [0.717, 1.165) is 22.7 Å². The number of nitrogens with one attached hydrogen (secondary N) is 1. The van der Waals surface area contributed by atoms with Crippen molar-refractivity contribution in [3.8, 4) is 0 Å². The van der Waals surface area contributed by atoms with Crippen molar-refractivity contribution in [2.24, 2.45) is 10.9 Å². The van der Waals surface area contributed by atoms with E-state index >= 15 is 0 Å². The van der Waals surface area contributed by atoms with Crippen molar-refractivity contribution in [2.45, 2.75) is 13.1 Å². The van der Waals surface area contributed by atoms with Gasteiger partial charge in [0.1, 0.15) is 5.69 Å². The van der Waals surface area contributed by atoms with Crippen LogP contribution in [0.25, 0.3) is 0 Å². The molecule has 6 heteroatoms. The molecule has 1 heterocycles. The predicted octanol–water partition coefficient (Wildman–Crippen LogP) is 2.12. The van der Waals surface area contributed by atoms with Gasteiger partial charge in [0.25, 0.3) is 0 Å². The number of rotatable bonds is 5. The summed E-state index contributed by atoms with van der Waals surface area (Å²) in [6, 6.07) is 11.3. The maximum Gasteiger partial charge on any atom is 0.188 e. The molecule has 0 fully saturated rings. The maximum absolute atomic E-state index is 8.62. The highest BCUT2D eigenvalue weighted by Crippen LogP contribution is 2.09. The van der Waals surface area contributed by atoms with Crippen LogP contribution in [-0.2, 0) is 13.1 Å². The number of amidine groups is 1. The van der Waals surface area contributed by atoms with Gasteiger partial charge in [-0.2, -0.15) is 0 Å². The molecule has 4 N–H and O–H groups in total. The van der Waals surface area contributed by atoms with E-state index in [9.17, 15) is 0 Å². The van der Waals surface area contributed by atoms with Gasteiger partial charge in [-0.05, 0) is 35.4 Å². The van der Waals surface area contributed by atoms with Crippen LogP contribution in [-0.4, -0.2) is 16.0 Å². The summed E-state index contributed by atoms with van der Waals surface area (Å²) in [7, 11) is 0. The summed E-state index contributed by atoms with van der Waals surface area (Å²) in [4.78, 5) is 4.03. The van der Waals surface area contributed by atoms with Gasteiger partial charge in [-0.3, -0.25) is 4.98 Å². The fourth-order valence-electron chi connectivity index (χ4n) is 1.73. The highest BCUT2D eigenvalue weighted by atomic mass is 35.5. The third-order valence-corrected chi connectivity index (χ3v) is 3.02. The molecule has 20 heavy (non-hydrogen) atoms. The van der Waals surface area contributed by atoms with E-state index in [1.165, 1.54) is 0 Å². The molecule has 0 aliphatic carbocycles. The Morgan fingerprint density at radius 3 is 2.60 bits per heavy atom. The summed E-state index contributed by atoms with van der Waals surface area (Å²) in [6.45, 7) is 1.40. The summed E-state index contributed by atoms with van der Waals surface area (Å²) >= 11 is 5.83. The second-order valence-electron chi connectivity index (χ2n) is 4.26. The van der Waals surface area contributed by atoms with Crippen molar-refractivity contribution >= 4 is 17.4 Å². The number of nitrogens with zero attached hydrogens (tertiary/aromatic N) is 2. The van der Waals surface area contributed by atoms with Crippen LogP contribution < -0.4 is 11.1 Å². The van der Waals surface area contributed by atoms with E-state index < -0.39 is 0 Å². The van der Waals surface area contributed by atoms with E-state index in [1.54, 1.807) is 12.3 Å². The molecule has 2 aromatic rings. The smallest absolute Gasteiger partial charge is 0.188 e. The van der Waals surface area contributed by atoms with Gasteiger partial charge in [-0.1, -0.05) is 28.9 Å². The van der Waals surface area contributed by atoms with Crippen LogP contribution >= 0.6 is 11.6 Å². The van der Waals surface area contributed by atoms with Gasteiger partial charge in [0.2, 0.25) is 0 Å². The summed E-state index contributed by atoms with van der Waals surface area (Å²) in [5, 5.41) is 15.6. The Labute approximate surface area is 122 Å². The Morgan fingerprint density at radius 2 is 1.90 bits per heavy atom. The molecule has 0 saturated carbocycles. The zero-order chi connectivity index (χ0) is 14.4. The summed E-state index contributed by atoms with van der Waals surface area (Å²) < 4.78 is 0. The van der Waals surface area contributed by atoms with Gasteiger partial charge in [0.05, 0.1) is 0 Å². The minimum Gasteiger partial charge on any atom is -0.409 e. The topological polar surface area (TPSA) is 83.5 Å². The molecule has 2 rings (SSSR count). The zero-order valence-corrected chi connectivity index (χ0v) is 11.5. The van der Waals surface area contributed by atoms with E-state index in [1.807, 2.05) is 30.3 Å². The van der Waals surface area contributed by atoms with Gasteiger partial charge in [0, 0.05) is 24.3 Å². The normalized spacial score (nSPS) is 11.6. The number of halogens is 1. The largest absolute Gasteiger partial charge is 0.409 e. The summed E-state index contributed by atoms with van der Waals surface area (Å²) in [6.07, 6.45) is 1.63. The van der Waals surface area contributed by atoms with E-state index in [2.05, 4.69) is 15.5 Å². The van der Waals surface area contributed by atoms with E-state index in [0.29, 0.717) is 12.2 Å². The van der Waals surface area contributed by atoms with Crippen LogP contribution in [0.1, 0.15) is 16.8 Å². The maximum atomic E-state index is 8.62. The number of hydrogen-bond donors (Lipinski definition) is 3. The van der Waals surface area contributed by atoms with Gasteiger partial charge >= 0.3 is 0 Å². The Balaban J connectivity index is 1.92. The molecule has 5 nitrogen and oxygen atoms in total. The van der Waals surface area contributed by atoms with Crippen molar-refractivity contribution in [1.82, 2.24) is 10.3 Å². The minimum absolute atomic E-state index is 0.00421. The first-order valence-electron chi connectivity index (χ1n) is 6.07. The van der Waals surface area contributed by atoms with Crippen molar-refractivity contribution in [1.29, 1.82) is 0 Å². The highest BCUT2D eigenvalue weighted by molar-refractivity contribution is 6.30. The number of pyridine rings is 1. The standard InChI is InChI=1S/C14H15ClN4O/c15-12-3-1-10(2-4-12)8-17-9-11-5-6-18-13(7-11)14(16)19-20/h1-7,17,20H,8-9H2,(H2,16,19). The van der Waals surface area contributed by atoms with E-state index in [-0.39, 0.29) is 5.84 Å². The first-order valence-corrected chi connectivity index (χ1v) is 6.45. The molecule has 0 aliphatic rings. The fourth-order valence-corrected chi connectivity index (χ4v) is 1.85. The van der Waals surface area contributed by atoms with Gasteiger partial charge in [-0.15, -0.1) is 0 Å². The molecule has 0 unspecified atom stereocenters. The molecule has 0 aliphatic heterocycles. The number of aromatic nitrogens is 1. The van der Waals surface area contributed by atoms with Gasteiger partial charge in [-0.25, -0.2) is 0 Å².